The Morgan fingerprint density at radius 3 is 1.29 bits per heavy atom. The van der Waals surface area contributed by atoms with Gasteiger partial charge in [-0.3, -0.25) is 0 Å². The highest BCUT2D eigenvalue weighted by molar-refractivity contribution is 5.02. The SMILES string of the molecule is [CH3-].c1ccc([I+]c2ccccc2)cc1. The topological polar surface area (TPSA) is 0 Å². The molecule has 0 saturated carbocycles. The van der Waals surface area contributed by atoms with Gasteiger partial charge in [0.25, 0.3) is 0 Å². The van der Waals surface area contributed by atoms with E-state index in [1.165, 1.54) is 7.14 Å². The van der Waals surface area contributed by atoms with Crippen LogP contribution in [0.1, 0.15) is 0 Å². The summed E-state index contributed by atoms with van der Waals surface area (Å²) < 4.78 is 2.96. The van der Waals surface area contributed by atoms with Crippen LogP contribution in [0.5, 0.6) is 0 Å². The standard InChI is InChI=1S/C12H10I.CH3/c1-3-7-11(8-4-1)13-12-9-5-2-6-10-12;/h1-10H;1H3/q+1;-1. The Hall–Kier alpha value is -0.830. The number of benzene rings is 2. The molecule has 0 aliphatic rings. The summed E-state index contributed by atoms with van der Waals surface area (Å²) in [5, 5.41) is 0. The van der Waals surface area contributed by atoms with Crippen LogP contribution in [0.15, 0.2) is 60.7 Å². The zero-order valence-corrected chi connectivity index (χ0v) is 10.3. The number of halogens is 1. The third-order valence-electron chi connectivity index (χ3n) is 1.68. The van der Waals surface area contributed by atoms with Crippen LogP contribution in [-0.4, -0.2) is 0 Å². The Morgan fingerprint density at radius 1 is 0.571 bits per heavy atom. The summed E-state index contributed by atoms with van der Waals surface area (Å²) in [6, 6.07) is 21.4. The first kappa shape index (κ1) is 11.2. The first-order valence-corrected chi connectivity index (χ1v) is 6.36. The summed E-state index contributed by atoms with van der Waals surface area (Å²) in [5.41, 5.74) is 0. The van der Waals surface area contributed by atoms with Gasteiger partial charge < -0.3 is 7.43 Å². The second kappa shape index (κ2) is 5.81. The van der Waals surface area contributed by atoms with Crippen LogP contribution in [0.4, 0.5) is 0 Å². The number of hydrogen-bond donors (Lipinski definition) is 0. The molecule has 14 heavy (non-hydrogen) atoms. The van der Waals surface area contributed by atoms with E-state index in [9.17, 15) is 0 Å². The molecule has 72 valence electrons. The summed E-state index contributed by atoms with van der Waals surface area (Å²) in [6.07, 6.45) is 0. The van der Waals surface area contributed by atoms with Gasteiger partial charge in [-0.25, -0.2) is 0 Å². The van der Waals surface area contributed by atoms with Gasteiger partial charge in [0.15, 0.2) is 7.14 Å². The van der Waals surface area contributed by atoms with Crippen LogP contribution in [-0.2, 0) is 0 Å². The van der Waals surface area contributed by atoms with Gasteiger partial charge in [0.1, 0.15) is 0 Å². The van der Waals surface area contributed by atoms with Crippen molar-refractivity contribution in [3.8, 4) is 0 Å². The molecule has 0 amide bonds. The van der Waals surface area contributed by atoms with E-state index in [0.717, 1.165) is 0 Å². The van der Waals surface area contributed by atoms with Crippen LogP contribution in [0.2, 0.25) is 0 Å². The molecule has 0 bridgehead atoms. The van der Waals surface area contributed by atoms with E-state index in [0.29, 0.717) is 0 Å². The highest BCUT2D eigenvalue weighted by atomic mass is 127. The lowest BCUT2D eigenvalue weighted by Gasteiger charge is -1.84. The maximum atomic E-state index is 2.21. The van der Waals surface area contributed by atoms with Crippen molar-refractivity contribution in [2.75, 3.05) is 0 Å². The van der Waals surface area contributed by atoms with Crippen molar-refractivity contribution in [2.24, 2.45) is 0 Å². The molecule has 0 aromatic heterocycles. The Bertz CT molecular complexity index is 316. The summed E-state index contributed by atoms with van der Waals surface area (Å²) in [7, 11) is 0. The van der Waals surface area contributed by atoms with E-state index in [-0.39, 0.29) is 28.6 Å². The van der Waals surface area contributed by atoms with Crippen molar-refractivity contribution < 1.29 is 21.2 Å². The minimum absolute atomic E-state index is 0. The van der Waals surface area contributed by atoms with Gasteiger partial charge in [-0.05, 0) is 24.3 Å². The molecule has 0 spiro atoms. The molecule has 0 atom stereocenters. The third kappa shape index (κ3) is 3.14. The average molecular weight is 296 g/mol. The van der Waals surface area contributed by atoms with Crippen molar-refractivity contribution in [3.05, 3.63) is 75.2 Å². The highest BCUT2D eigenvalue weighted by Crippen LogP contribution is 1.85. The predicted molar refractivity (Wildman–Crippen MR) is 56.7 cm³/mol. The average Bonchev–Trinajstić information content (AvgIpc) is 2.21. The van der Waals surface area contributed by atoms with E-state index < -0.39 is 0 Å². The van der Waals surface area contributed by atoms with Gasteiger partial charge >= 0.3 is 21.2 Å². The lowest BCUT2D eigenvalue weighted by Crippen LogP contribution is -3.61. The van der Waals surface area contributed by atoms with E-state index in [1.807, 2.05) is 0 Å². The molecule has 2 aromatic rings. The molecule has 0 heterocycles. The van der Waals surface area contributed by atoms with E-state index in [1.54, 1.807) is 0 Å². The largest absolute Gasteiger partial charge is 0.358 e. The monoisotopic (exact) mass is 296 g/mol. The molecule has 0 unspecified atom stereocenters. The molecule has 0 nitrogen and oxygen atoms in total. The molecular weight excluding hydrogens is 283 g/mol. The molecule has 0 radical (unpaired) electrons. The van der Waals surface area contributed by atoms with Crippen molar-refractivity contribution >= 4 is 0 Å². The zero-order chi connectivity index (χ0) is 8.93. The van der Waals surface area contributed by atoms with Crippen LogP contribution in [0.25, 0.3) is 0 Å². The molecule has 2 aromatic carbocycles. The van der Waals surface area contributed by atoms with Crippen LogP contribution in [0.3, 0.4) is 0 Å². The first-order valence-electron chi connectivity index (χ1n) is 4.20. The molecular formula is C13H13I. The molecule has 0 aliphatic carbocycles. The summed E-state index contributed by atoms with van der Waals surface area (Å²) in [5.74, 6) is 0. The van der Waals surface area contributed by atoms with Crippen molar-refractivity contribution in [1.29, 1.82) is 0 Å². The highest BCUT2D eigenvalue weighted by Gasteiger charge is 2.12. The molecule has 0 fully saturated rings. The number of hydrogen-bond acceptors (Lipinski definition) is 0. The Balaban J connectivity index is 0.000000980. The normalized spacial score (nSPS) is 9.14. The van der Waals surface area contributed by atoms with Gasteiger partial charge in [-0.1, -0.05) is 36.4 Å². The summed E-state index contributed by atoms with van der Waals surface area (Å²) >= 11 is 0.0287. The van der Waals surface area contributed by atoms with Gasteiger partial charge in [0.05, 0.1) is 0 Å². The number of rotatable bonds is 2. The van der Waals surface area contributed by atoms with Crippen molar-refractivity contribution in [1.82, 2.24) is 0 Å². The van der Waals surface area contributed by atoms with E-state index in [2.05, 4.69) is 60.7 Å². The van der Waals surface area contributed by atoms with Gasteiger partial charge in [0, 0.05) is 0 Å². The van der Waals surface area contributed by atoms with Gasteiger partial charge in [-0.15, -0.1) is 0 Å². The Labute approximate surface area is 96.2 Å². The molecule has 1 heteroatoms. The van der Waals surface area contributed by atoms with Crippen LogP contribution >= 0.6 is 0 Å². The second-order valence-electron chi connectivity index (χ2n) is 2.69. The summed E-state index contributed by atoms with van der Waals surface area (Å²) in [6.45, 7) is 0. The van der Waals surface area contributed by atoms with Crippen LogP contribution in [0, 0.1) is 14.6 Å². The Morgan fingerprint density at radius 2 is 0.929 bits per heavy atom. The van der Waals surface area contributed by atoms with E-state index in [4.69, 9.17) is 0 Å². The lowest BCUT2D eigenvalue weighted by atomic mass is 10.4. The maximum absolute atomic E-state index is 2.21. The predicted octanol–water partition coefficient (Wildman–Crippen LogP) is 0.265. The maximum Gasteiger partial charge on any atom is 0.357 e. The molecule has 0 N–H and O–H groups in total. The molecule has 2 rings (SSSR count). The quantitative estimate of drug-likeness (QED) is 0.551. The van der Waals surface area contributed by atoms with Gasteiger partial charge in [-0.2, -0.15) is 0 Å². The first-order chi connectivity index (χ1) is 6.45. The minimum atomic E-state index is 0. The van der Waals surface area contributed by atoms with E-state index >= 15 is 0 Å². The third-order valence-corrected chi connectivity index (χ3v) is 4.37. The fraction of sp³-hybridized carbons (Fsp3) is 0. The lowest BCUT2D eigenvalue weighted by molar-refractivity contribution is -0.597. The summed E-state index contributed by atoms with van der Waals surface area (Å²) in [4.78, 5) is 0. The fourth-order valence-electron chi connectivity index (χ4n) is 1.08. The van der Waals surface area contributed by atoms with Crippen molar-refractivity contribution in [3.63, 3.8) is 0 Å². The molecule has 0 saturated heterocycles. The van der Waals surface area contributed by atoms with Gasteiger partial charge in [0.2, 0.25) is 0 Å². The van der Waals surface area contributed by atoms with Crippen molar-refractivity contribution in [2.45, 2.75) is 0 Å². The smallest absolute Gasteiger partial charge is 0.357 e. The fourth-order valence-corrected chi connectivity index (χ4v) is 3.35. The Kier molecular flexibility index (Phi) is 4.66. The second-order valence-corrected chi connectivity index (χ2v) is 5.72. The van der Waals surface area contributed by atoms with Crippen LogP contribution < -0.4 is 21.2 Å². The molecule has 0 aliphatic heterocycles. The minimum Gasteiger partial charge on any atom is -0.358 e. The zero-order valence-electron chi connectivity index (χ0n) is 8.15.